The van der Waals surface area contributed by atoms with E-state index >= 15 is 0 Å². The predicted octanol–water partition coefficient (Wildman–Crippen LogP) is 6.26. The first-order valence-corrected chi connectivity index (χ1v) is 12.8. The van der Waals surface area contributed by atoms with Crippen LogP contribution in [0.1, 0.15) is 44.7 Å². The lowest BCUT2D eigenvalue weighted by Gasteiger charge is -2.42. The van der Waals surface area contributed by atoms with Crippen LogP contribution in [0, 0.1) is 0 Å². The number of benzene rings is 2. The second kappa shape index (κ2) is 10.3. The van der Waals surface area contributed by atoms with Crippen LogP contribution in [-0.2, 0) is 17.7 Å². The number of carbonyl (C=O) groups is 1. The fourth-order valence-corrected chi connectivity index (χ4v) is 5.43. The third kappa shape index (κ3) is 6.18. The molecule has 1 atom stereocenters. The Hall–Kier alpha value is -1.95. The number of halogens is 2. The van der Waals surface area contributed by atoms with Gasteiger partial charge in [-0.15, -0.1) is 0 Å². The first-order chi connectivity index (χ1) is 16.1. The molecule has 0 aliphatic carbocycles. The molecule has 1 amide bonds. The molecule has 0 saturated carbocycles. The van der Waals surface area contributed by atoms with Gasteiger partial charge in [0.25, 0.3) is 0 Å². The van der Waals surface area contributed by atoms with Crippen molar-refractivity contribution in [3.05, 3.63) is 63.6 Å². The maximum Gasteiger partial charge on any atom is 0.410 e. The monoisotopic (exact) mass is 503 g/mol. The highest BCUT2D eigenvalue weighted by molar-refractivity contribution is 6.31. The highest BCUT2D eigenvalue weighted by Gasteiger charge is 2.35. The van der Waals surface area contributed by atoms with Crippen LogP contribution in [0.2, 0.25) is 10.0 Å². The van der Waals surface area contributed by atoms with Gasteiger partial charge in [-0.2, -0.15) is 0 Å². The Labute approximate surface area is 213 Å². The number of hydrogen-bond acceptors (Lipinski definition) is 4. The fraction of sp³-hybridized carbons (Fsp3) is 0.519. The minimum atomic E-state index is -0.476. The zero-order valence-corrected chi connectivity index (χ0v) is 22.1. The Morgan fingerprint density at radius 2 is 1.68 bits per heavy atom. The van der Waals surface area contributed by atoms with Crippen molar-refractivity contribution >= 4 is 35.0 Å². The maximum absolute atomic E-state index is 12.6. The van der Waals surface area contributed by atoms with Crippen molar-refractivity contribution < 1.29 is 9.53 Å². The molecule has 2 aromatic carbocycles. The van der Waals surface area contributed by atoms with E-state index in [-0.39, 0.29) is 6.09 Å². The highest BCUT2D eigenvalue weighted by Crippen LogP contribution is 2.33. The van der Waals surface area contributed by atoms with Gasteiger partial charge in [-0.3, -0.25) is 4.90 Å². The molecule has 2 aliphatic rings. The second-order valence-electron chi connectivity index (χ2n) is 10.5. The van der Waals surface area contributed by atoms with E-state index in [9.17, 15) is 4.79 Å². The first-order valence-electron chi connectivity index (χ1n) is 12.1. The standard InChI is InChI=1S/C27H35Cl2N3O2/c1-27(2,3)34-26(33)31-13-11-23(12-14-31)32-17-20-16-22(29)9-10-25(20)30(4)18-24(32)15-19-5-7-21(28)8-6-19/h5-10,16,23-24H,11-15,17-18H2,1-4H3. The zero-order chi connectivity index (χ0) is 24.5. The van der Waals surface area contributed by atoms with Crippen molar-refractivity contribution in [3.63, 3.8) is 0 Å². The van der Waals surface area contributed by atoms with E-state index in [1.807, 2.05) is 43.9 Å². The molecular formula is C27H35Cl2N3O2. The Bertz CT molecular complexity index is 998. The van der Waals surface area contributed by atoms with Crippen LogP contribution in [0.5, 0.6) is 0 Å². The topological polar surface area (TPSA) is 36.0 Å². The van der Waals surface area contributed by atoms with E-state index in [0.717, 1.165) is 42.4 Å². The van der Waals surface area contributed by atoms with Crippen LogP contribution < -0.4 is 4.90 Å². The van der Waals surface area contributed by atoms with Gasteiger partial charge in [0.1, 0.15) is 5.60 Å². The zero-order valence-electron chi connectivity index (χ0n) is 20.6. The van der Waals surface area contributed by atoms with Gasteiger partial charge in [0, 0.05) is 61.0 Å². The number of nitrogens with zero attached hydrogens (tertiary/aromatic N) is 3. The summed E-state index contributed by atoms with van der Waals surface area (Å²) in [5.74, 6) is 0. The van der Waals surface area contributed by atoms with Crippen molar-refractivity contribution in [1.82, 2.24) is 9.80 Å². The summed E-state index contributed by atoms with van der Waals surface area (Å²) in [7, 11) is 2.16. The predicted molar refractivity (Wildman–Crippen MR) is 140 cm³/mol. The third-order valence-corrected chi connectivity index (χ3v) is 7.22. The number of anilines is 1. The molecule has 0 radical (unpaired) electrons. The maximum atomic E-state index is 12.6. The molecule has 4 rings (SSSR count). The van der Waals surface area contributed by atoms with Crippen molar-refractivity contribution in [3.8, 4) is 0 Å². The van der Waals surface area contributed by atoms with E-state index in [0.29, 0.717) is 25.2 Å². The Morgan fingerprint density at radius 3 is 2.32 bits per heavy atom. The third-order valence-electron chi connectivity index (χ3n) is 6.73. The lowest BCUT2D eigenvalue weighted by atomic mass is 9.97. The summed E-state index contributed by atoms with van der Waals surface area (Å²) in [6.45, 7) is 8.92. The number of fused-ring (bicyclic) bond motifs is 1. The van der Waals surface area contributed by atoms with Crippen LogP contribution in [-0.4, -0.2) is 60.3 Å². The van der Waals surface area contributed by atoms with E-state index in [2.05, 4.69) is 41.1 Å². The summed E-state index contributed by atoms with van der Waals surface area (Å²) in [6, 6.07) is 15.1. The molecule has 184 valence electrons. The normalized spacial score (nSPS) is 20.1. The van der Waals surface area contributed by atoms with Gasteiger partial charge in [0.05, 0.1) is 0 Å². The van der Waals surface area contributed by atoms with Gasteiger partial charge >= 0.3 is 6.09 Å². The van der Waals surface area contributed by atoms with E-state index in [1.54, 1.807) is 0 Å². The van der Waals surface area contributed by atoms with Gasteiger partial charge in [0.2, 0.25) is 0 Å². The van der Waals surface area contributed by atoms with E-state index in [4.69, 9.17) is 27.9 Å². The first kappa shape index (κ1) is 25.2. The molecule has 1 saturated heterocycles. The molecule has 34 heavy (non-hydrogen) atoms. The number of hydrogen-bond donors (Lipinski definition) is 0. The van der Waals surface area contributed by atoms with Crippen LogP contribution in [0.3, 0.4) is 0 Å². The lowest BCUT2D eigenvalue weighted by molar-refractivity contribution is 0.0103. The molecule has 2 aliphatic heterocycles. The summed E-state index contributed by atoms with van der Waals surface area (Å²) in [5, 5.41) is 1.53. The minimum Gasteiger partial charge on any atom is -0.444 e. The molecule has 0 bridgehead atoms. The minimum absolute atomic E-state index is 0.212. The van der Waals surface area contributed by atoms with Crippen LogP contribution >= 0.6 is 23.2 Å². The van der Waals surface area contributed by atoms with E-state index < -0.39 is 5.60 Å². The number of carbonyl (C=O) groups excluding carboxylic acids is 1. The molecule has 7 heteroatoms. The number of piperidine rings is 1. The Balaban J connectivity index is 1.55. The Morgan fingerprint density at radius 1 is 1.03 bits per heavy atom. The van der Waals surface area contributed by atoms with Crippen LogP contribution in [0.15, 0.2) is 42.5 Å². The summed E-state index contributed by atoms with van der Waals surface area (Å²) < 4.78 is 5.60. The largest absolute Gasteiger partial charge is 0.444 e. The van der Waals surface area contributed by atoms with Crippen molar-refractivity contribution in [1.29, 1.82) is 0 Å². The van der Waals surface area contributed by atoms with Crippen LogP contribution in [0.4, 0.5) is 10.5 Å². The molecule has 5 nitrogen and oxygen atoms in total. The van der Waals surface area contributed by atoms with Crippen LogP contribution in [0.25, 0.3) is 0 Å². The molecule has 1 fully saturated rings. The van der Waals surface area contributed by atoms with Gasteiger partial charge in [-0.05, 0) is 81.5 Å². The molecule has 0 N–H and O–H groups in total. The smallest absolute Gasteiger partial charge is 0.410 e. The summed E-state index contributed by atoms with van der Waals surface area (Å²) in [6.07, 6.45) is 2.58. The Kier molecular flexibility index (Phi) is 7.66. The number of rotatable bonds is 3. The number of likely N-dealkylation sites (N-methyl/N-ethyl adjacent to an activating group) is 1. The fourth-order valence-electron chi connectivity index (χ4n) is 5.11. The molecule has 1 unspecified atom stereocenters. The lowest BCUT2D eigenvalue weighted by Crippen LogP contribution is -2.52. The van der Waals surface area contributed by atoms with E-state index in [1.165, 1.54) is 16.8 Å². The van der Waals surface area contributed by atoms with Gasteiger partial charge in [-0.25, -0.2) is 4.79 Å². The molecule has 2 heterocycles. The molecule has 2 aromatic rings. The van der Waals surface area contributed by atoms with Gasteiger partial charge < -0.3 is 14.5 Å². The van der Waals surface area contributed by atoms with Gasteiger partial charge in [-0.1, -0.05) is 35.3 Å². The molecular weight excluding hydrogens is 469 g/mol. The molecule has 0 spiro atoms. The van der Waals surface area contributed by atoms with Gasteiger partial charge in [0.15, 0.2) is 0 Å². The van der Waals surface area contributed by atoms with Crippen molar-refractivity contribution in [2.45, 2.75) is 64.3 Å². The van der Waals surface area contributed by atoms with Crippen molar-refractivity contribution in [2.75, 3.05) is 31.6 Å². The number of likely N-dealkylation sites (tertiary alicyclic amines) is 1. The average Bonchev–Trinajstić information content (AvgIpc) is 2.90. The molecule has 0 aromatic heterocycles. The highest BCUT2D eigenvalue weighted by atomic mass is 35.5. The summed E-state index contributed by atoms with van der Waals surface area (Å²) >= 11 is 12.5. The quantitative estimate of drug-likeness (QED) is 0.495. The summed E-state index contributed by atoms with van der Waals surface area (Å²) in [4.78, 5) is 19.4. The summed E-state index contributed by atoms with van der Waals surface area (Å²) in [5.41, 5.74) is 3.29. The average molecular weight is 505 g/mol. The van der Waals surface area contributed by atoms with Crippen molar-refractivity contribution in [2.24, 2.45) is 0 Å². The number of ether oxygens (including phenoxy) is 1. The number of amides is 1. The second-order valence-corrected chi connectivity index (χ2v) is 11.4. The SMILES string of the molecule is CN1CC(Cc2ccc(Cl)cc2)N(C2CCN(C(=O)OC(C)(C)C)CC2)Cc2cc(Cl)ccc21.